The van der Waals surface area contributed by atoms with E-state index in [9.17, 15) is 4.79 Å². The number of halogens is 1. The second kappa shape index (κ2) is 6.20. The van der Waals surface area contributed by atoms with Gasteiger partial charge in [0.05, 0.1) is 5.56 Å². The number of amides is 1. The van der Waals surface area contributed by atoms with Crippen LogP contribution in [0.4, 0.5) is 5.69 Å². The standard InChI is InChI=1S/C13H18BrN3O/c14-10-3-4-12(15)11(9-10)13(18)16-5-8-17-6-1-2-7-17/h3-4,9H,1-2,5-8,15H2,(H,16,18). The molecule has 1 heterocycles. The first-order valence-corrected chi connectivity index (χ1v) is 7.02. The van der Waals surface area contributed by atoms with E-state index in [4.69, 9.17) is 5.73 Å². The number of nitrogens with zero attached hydrogens (tertiary/aromatic N) is 1. The molecule has 1 aromatic rings. The molecule has 1 aromatic carbocycles. The van der Waals surface area contributed by atoms with Crippen LogP contribution in [-0.4, -0.2) is 37.0 Å². The summed E-state index contributed by atoms with van der Waals surface area (Å²) in [6.07, 6.45) is 2.54. The largest absolute Gasteiger partial charge is 0.398 e. The summed E-state index contributed by atoms with van der Waals surface area (Å²) >= 11 is 3.34. The molecule has 0 atom stereocenters. The zero-order valence-corrected chi connectivity index (χ0v) is 11.9. The highest BCUT2D eigenvalue weighted by Crippen LogP contribution is 2.18. The van der Waals surface area contributed by atoms with Crippen LogP contribution >= 0.6 is 15.9 Å². The summed E-state index contributed by atoms with van der Waals surface area (Å²) in [5.74, 6) is -0.104. The SMILES string of the molecule is Nc1ccc(Br)cc1C(=O)NCCN1CCCC1. The second-order valence-corrected chi connectivity index (χ2v) is 5.45. The minimum atomic E-state index is -0.104. The molecule has 4 nitrogen and oxygen atoms in total. The van der Waals surface area contributed by atoms with E-state index in [1.54, 1.807) is 12.1 Å². The topological polar surface area (TPSA) is 58.4 Å². The Morgan fingerprint density at radius 3 is 2.83 bits per heavy atom. The van der Waals surface area contributed by atoms with Crippen LogP contribution in [0.1, 0.15) is 23.2 Å². The lowest BCUT2D eigenvalue weighted by Gasteiger charge is -2.15. The molecule has 1 saturated heterocycles. The van der Waals surface area contributed by atoms with Crippen LogP contribution in [0, 0.1) is 0 Å². The molecule has 0 aliphatic carbocycles. The highest BCUT2D eigenvalue weighted by atomic mass is 79.9. The Morgan fingerprint density at radius 2 is 2.11 bits per heavy atom. The predicted octanol–water partition coefficient (Wildman–Crippen LogP) is 1.86. The van der Waals surface area contributed by atoms with Crippen molar-refractivity contribution in [1.82, 2.24) is 10.2 Å². The summed E-state index contributed by atoms with van der Waals surface area (Å²) < 4.78 is 0.862. The van der Waals surface area contributed by atoms with Crippen molar-refractivity contribution in [3.8, 4) is 0 Å². The van der Waals surface area contributed by atoms with Crippen molar-refractivity contribution in [2.24, 2.45) is 0 Å². The third-order valence-electron chi connectivity index (χ3n) is 3.17. The first-order chi connectivity index (χ1) is 8.66. The zero-order chi connectivity index (χ0) is 13.0. The van der Waals surface area contributed by atoms with Crippen molar-refractivity contribution in [1.29, 1.82) is 0 Å². The number of carbonyl (C=O) groups is 1. The Labute approximate surface area is 116 Å². The molecule has 0 aromatic heterocycles. The van der Waals surface area contributed by atoms with Gasteiger partial charge in [0.25, 0.3) is 5.91 Å². The molecule has 5 heteroatoms. The molecule has 1 amide bonds. The molecule has 1 aliphatic rings. The zero-order valence-electron chi connectivity index (χ0n) is 10.3. The van der Waals surface area contributed by atoms with E-state index in [-0.39, 0.29) is 5.91 Å². The fourth-order valence-corrected chi connectivity index (χ4v) is 2.52. The molecule has 1 fully saturated rings. The van der Waals surface area contributed by atoms with E-state index in [2.05, 4.69) is 26.1 Å². The van der Waals surface area contributed by atoms with Gasteiger partial charge in [-0.1, -0.05) is 15.9 Å². The quantitative estimate of drug-likeness (QED) is 0.834. The number of benzene rings is 1. The van der Waals surface area contributed by atoms with Crippen molar-refractivity contribution >= 4 is 27.5 Å². The molecular formula is C13H18BrN3O. The third-order valence-corrected chi connectivity index (χ3v) is 3.67. The van der Waals surface area contributed by atoms with Crippen LogP contribution in [-0.2, 0) is 0 Å². The fourth-order valence-electron chi connectivity index (χ4n) is 2.15. The lowest BCUT2D eigenvalue weighted by atomic mass is 10.1. The Morgan fingerprint density at radius 1 is 1.39 bits per heavy atom. The third kappa shape index (κ3) is 3.46. The molecule has 0 bridgehead atoms. The van der Waals surface area contributed by atoms with Gasteiger partial charge in [-0.3, -0.25) is 4.79 Å². The first kappa shape index (κ1) is 13.4. The maximum atomic E-state index is 12.0. The lowest BCUT2D eigenvalue weighted by Crippen LogP contribution is -2.33. The molecule has 0 spiro atoms. The minimum absolute atomic E-state index is 0.104. The van der Waals surface area contributed by atoms with Crippen molar-refractivity contribution in [3.05, 3.63) is 28.2 Å². The van der Waals surface area contributed by atoms with Gasteiger partial charge in [0.15, 0.2) is 0 Å². The molecular weight excluding hydrogens is 294 g/mol. The number of nitrogens with two attached hydrogens (primary N) is 1. The summed E-state index contributed by atoms with van der Waals surface area (Å²) in [5, 5.41) is 2.91. The van der Waals surface area contributed by atoms with Crippen molar-refractivity contribution in [3.63, 3.8) is 0 Å². The maximum absolute atomic E-state index is 12.0. The Bertz CT molecular complexity index is 430. The minimum Gasteiger partial charge on any atom is -0.398 e. The summed E-state index contributed by atoms with van der Waals surface area (Å²) in [5.41, 5.74) is 6.84. The van der Waals surface area contributed by atoms with E-state index in [0.717, 1.165) is 24.1 Å². The first-order valence-electron chi connectivity index (χ1n) is 6.22. The Kier molecular flexibility index (Phi) is 4.60. The van der Waals surface area contributed by atoms with Crippen LogP contribution < -0.4 is 11.1 Å². The van der Waals surface area contributed by atoms with Gasteiger partial charge < -0.3 is 16.0 Å². The predicted molar refractivity (Wildman–Crippen MR) is 76.6 cm³/mol. The van der Waals surface area contributed by atoms with Crippen molar-refractivity contribution < 1.29 is 4.79 Å². The smallest absolute Gasteiger partial charge is 0.253 e. The molecule has 2 rings (SSSR count). The number of rotatable bonds is 4. The Balaban J connectivity index is 1.85. The molecule has 0 unspecified atom stereocenters. The monoisotopic (exact) mass is 311 g/mol. The van der Waals surface area contributed by atoms with Gasteiger partial charge in [-0.25, -0.2) is 0 Å². The summed E-state index contributed by atoms with van der Waals surface area (Å²) in [6.45, 7) is 3.88. The van der Waals surface area contributed by atoms with Crippen LogP contribution in [0.15, 0.2) is 22.7 Å². The Hall–Kier alpha value is -1.07. The average molecular weight is 312 g/mol. The molecule has 18 heavy (non-hydrogen) atoms. The number of nitrogen functional groups attached to an aromatic ring is 1. The van der Waals surface area contributed by atoms with Gasteiger partial charge in [0.1, 0.15) is 0 Å². The number of nitrogens with one attached hydrogen (secondary N) is 1. The fraction of sp³-hybridized carbons (Fsp3) is 0.462. The van der Waals surface area contributed by atoms with Gasteiger partial charge >= 0.3 is 0 Å². The summed E-state index contributed by atoms with van der Waals surface area (Å²) in [6, 6.07) is 5.32. The number of hydrogen-bond donors (Lipinski definition) is 2. The van der Waals surface area contributed by atoms with E-state index < -0.39 is 0 Å². The van der Waals surface area contributed by atoms with Crippen LogP contribution in [0.5, 0.6) is 0 Å². The summed E-state index contributed by atoms with van der Waals surface area (Å²) in [4.78, 5) is 14.3. The van der Waals surface area contributed by atoms with E-state index in [1.807, 2.05) is 6.07 Å². The van der Waals surface area contributed by atoms with Crippen LogP contribution in [0.3, 0.4) is 0 Å². The average Bonchev–Trinajstić information content (AvgIpc) is 2.85. The maximum Gasteiger partial charge on any atom is 0.253 e. The molecule has 98 valence electrons. The number of anilines is 1. The van der Waals surface area contributed by atoms with Gasteiger partial charge in [0, 0.05) is 23.2 Å². The second-order valence-electron chi connectivity index (χ2n) is 4.54. The normalized spacial score (nSPS) is 15.8. The highest BCUT2D eigenvalue weighted by molar-refractivity contribution is 9.10. The van der Waals surface area contributed by atoms with Gasteiger partial charge in [-0.05, 0) is 44.1 Å². The lowest BCUT2D eigenvalue weighted by molar-refractivity contribution is 0.0950. The van der Waals surface area contributed by atoms with Crippen molar-refractivity contribution in [2.45, 2.75) is 12.8 Å². The number of hydrogen-bond acceptors (Lipinski definition) is 3. The van der Waals surface area contributed by atoms with Crippen LogP contribution in [0.25, 0.3) is 0 Å². The highest BCUT2D eigenvalue weighted by Gasteiger charge is 2.13. The molecule has 0 saturated carbocycles. The van der Waals surface area contributed by atoms with Gasteiger partial charge in [-0.15, -0.1) is 0 Å². The number of likely N-dealkylation sites (tertiary alicyclic amines) is 1. The van der Waals surface area contributed by atoms with E-state index >= 15 is 0 Å². The van der Waals surface area contributed by atoms with Gasteiger partial charge in [0.2, 0.25) is 0 Å². The summed E-state index contributed by atoms with van der Waals surface area (Å²) in [7, 11) is 0. The van der Waals surface area contributed by atoms with Gasteiger partial charge in [-0.2, -0.15) is 0 Å². The van der Waals surface area contributed by atoms with E-state index in [1.165, 1.54) is 12.8 Å². The van der Waals surface area contributed by atoms with Crippen LogP contribution in [0.2, 0.25) is 0 Å². The molecule has 3 N–H and O–H groups in total. The van der Waals surface area contributed by atoms with E-state index in [0.29, 0.717) is 17.8 Å². The molecule has 0 radical (unpaired) electrons. The number of carbonyl (C=O) groups excluding carboxylic acids is 1. The van der Waals surface area contributed by atoms with Crippen molar-refractivity contribution in [2.75, 3.05) is 31.9 Å². The molecule has 1 aliphatic heterocycles.